The second-order valence-electron chi connectivity index (χ2n) is 10.1. The highest BCUT2D eigenvalue weighted by Gasteiger charge is 2.34. The van der Waals surface area contributed by atoms with Gasteiger partial charge in [0.05, 0.1) is 10.6 Å². The molecule has 0 aliphatic heterocycles. The molecule has 7 nitrogen and oxygen atoms in total. The Morgan fingerprint density at radius 3 is 2.05 bits per heavy atom. The van der Waals surface area contributed by atoms with Crippen LogP contribution in [0.5, 0.6) is 0 Å². The molecule has 0 aliphatic carbocycles. The molecule has 0 heterocycles. The molecular weight excluding hydrogens is 553 g/mol. The number of rotatable bonds is 11. The van der Waals surface area contributed by atoms with Gasteiger partial charge in [-0.3, -0.25) is 13.9 Å². The molecule has 9 heteroatoms. The Balaban J connectivity index is 1.79. The molecule has 1 unspecified atom stereocenters. The first-order valence-electron chi connectivity index (χ1n) is 13.5. The van der Waals surface area contributed by atoms with Crippen LogP contribution in [0, 0.1) is 19.7 Å². The Morgan fingerprint density at radius 2 is 1.43 bits per heavy atom. The number of hydrogen-bond acceptors (Lipinski definition) is 4. The molecule has 0 saturated heterocycles. The summed E-state index contributed by atoms with van der Waals surface area (Å²) in [7, 11) is -2.69. The number of nitrogens with zero attached hydrogens (tertiary/aromatic N) is 2. The summed E-state index contributed by atoms with van der Waals surface area (Å²) in [5.74, 6) is -1.42. The number of para-hydroxylation sites is 1. The molecule has 1 atom stereocenters. The number of carbonyl (C=O) groups is 2. The second-order valence-corrected chi connectivity index (χ2v) is 11.9. The molecule has 4 rings (SSSR count). The van der Waals surface area contributed by atoms with Crippen molar-refractivity contribution in [3.8, 4) is 0 Å². The Morgan fingerprint density at radius 1 is 0.810 bits per heavy atom. The Hall–Kier alpha value is -4.50. The number of likely N-dealkylation sites (N-methyl/N-ethyl adjacent to an activating group) is 1. The molecule has 42 heavy (non-hydrogen) atoms. The lowest BCUT2D eigenvalue weighted by molar-refractivity contribution is -0.139. The van der Waals surface area contributed by atoms with E-state index >= 15 is 0 Å². The highest BCUT2D eigenvalue weighted by Crippen LogP contribution is 2.28. The summed E-state index contributed by atoms with van der Waals surface area (Å²) in [6.07, 6.45) is 0.197. The molecule has 0 saturated carbocycles. The zero-order chi connectivity index (χ0) is 30.3. The molecule has 0 bridgehead atoms. The van der Waals surface area contributed by atoms with E-state index in [4.69, 9.17) is 0 Å². The number of carbonyl (C=O) groups excluding carboxylic acids is 2. The van der Waals surface area contributed by atoms with E-state index in [0.717, 1.165) is 15.4 Å². The van der Waals surface area contributed by atoms with Crippen LogP contribution in [0.15, 0.2) is 108 Å². The number of amides is 2. The van der Waals surface area contributed by atoms with Gasteiger partial charge >= 0.3 is 0 Å². The van der Waals surface area contributed by atoms with Crippen molar-refractivity contribution < 1.29 is 22.4 Å². The third kappa shape index (κ3) is 7.22. The maximum atomic E-state index is 14.3. The summed E-state index contributed by atoms with van der Waals surface area (Å²) in [6.45, 7) is 3.05. The van der Waals surface area contributed by atoms with Crippen molar-refractivity contribution >= 4 is 27.5 Å². The Labute approximate surface area is 246 Å². The molecule has 218 valence electrons. The quantitative estimate of drug-likeness (QED) is 0.267. The summed E-state index contributed by atoms with van der Waals surface area (Å²) in [4.78, 5) is 28.9. The molecule has 4 aromatic rings. The van der Waals surface area contributed by atoms with Gasteiger partial charge in [0.25, 0.3) is 10.0 Å². The summed E-state index contributed by atoms with van der Waals surface area (Å²) in [6, 6.07) is 27.3. The van der Waals surface area contributed by atoms with Gasteiger partial charge < -0.3 is 10.2 Å². The SMILES string of the molecule is CNC(=O)C(Cc1ccccc1)N(Cc1ccc(F)cc1)C(=O)CN(c1ccccc1C)S(=O)(=O)c1ccc(C)cc1. The maximum Gasteiger partial charge on any atom is 0.264 e. The minimum Gasteiger partial charge on any atom is -0.357 e. The fourth-order valence-electron chi connectivity index (χ4n) is 4.70. The zero-order valence-electron chi connectivity index (χ0n) is 23.8. The van der Waals surface area contributed by atoms with E-state index in [2.05, 4.69) is 5.32 Å². The molecule has 0 aliphatic rings. The second kappa shape index (κ2) is 13.4. The van der Waals surface area contributed by atoms with Gasteiger partial charge in [-0.15, -0.1) is 0 Å². The predicted molar refractivity (Wildman–Crippen MR) is 162 cm³/mol. The van der Waals surface area contributed by atoms with Crippen molar-refractivity contribution in [1.82, 2.24) is 10.2 Å². The van der Waals surface area contributed by atoms with E-state index in [1.54, 1.807) is 55.5 Å². The van der Waals surface area contributed by atoms with Gasteiger partial charge in [-0.05, 0) is 60.9 Å². The first kappa shape index (κ1) is 30.5. The van der Waals surface area contributed by atoms with Crippen LogP contribution < -0.4 is 9.62 Å². The van der Waals surface area contributed by atoms with Gasteiger partial charge in [0.1, 0.15) is 18.4 Å². The highest BCUT2D eigenvalue weighted by molar-refractivity contribution is 7.92. The number of anilines is 1. The van der Waals surface area contributed by atoms with Gasteiger partial charge in [0, 0.05) is 20.0 Å². The fraction of sp³-hybridized carbons (Fsp3) is 0.212. The number of halogens is 1. The van der Waals surface area contributed by atoms with E-state index < -0.39 is 40.2 Å². The van der Waals surface area contributed by atoms with E-state index in [-0.39, 0.29) is 17.9 Å². The molecule has 4 aromatic carbocycles. The van der Waals surface area contributed by atoms with Crippen LogP contribution in [0.1, 0.15) is 22.3 Å². The topological polar surface area (TPSA) is 86.8 Å². The lowest BCUT2D eigenvalue weighted by Crippen LogP contribution is -2.53. The molecule has 2 amide bonds. The van der Waals surface area contributed by atoms with Gasteiger partial charge in [0.15, 0.2) is 0 Å². The standard InChI is InChI=1S/C33H34FN3O4S/c1-24-13-19-29(20-14-24)42(40,41)37(30-12-8-7-9-25(30)2)23-32(38)36(22-27-15-17-28(34)18-16-27)31(33(39)35-3)21-26-10-5-4-6-11-26/h4-20,31H,21-23H2,1-3H3,(H,35,39). The van der Waals surface area contributed by atoms with Gasteiger partial charge in [-0.25, -0.2) is 12.8 Å². The Kier molecular flexibility index (Phi) is 9.75. The van der Waals surface area contributed by atoms with Crippen molar-refractivity contribution in [2.24, 2.45) is 0 Å². The van der Waals surface area contributed by atoms with Crippen LogP contribution in [-0.2, 0) is 32.6 Å². The fourth-order valence-corrected chi connectivity index (χ4v) is 6.18. The minimum atomic E-state index is -4.18. The smallest absolute Gasteiger partial charge is 0.264 e. The molecule has 0 aromatic heterocycles. The minimum absolute atomic E-state index is 0.0315. The first-order chi connectivity index (χ1) is 20.1. The summed E-state index contributed by atoms with van der Waals surface area (Å²) in [5.41, 5.74) is 3.33. The summed E-state index contributed by atoms with van der Waals surface area (Å²) in [5, 5.41) is 2.65. The molecule has 1 N–H and O–H groups in total. The average Bonchev–Trinajstić information content (AvgIpc) is 2.99. The third-order valence-electron chi connectivity index (χ3n) is 7.06. The molecular formula is C33H34FN3O4S. The lowest BCUT2D eigenvalue weighted by atomic mass is 10.0. The third-order valence-corrected chi connectivity index (χ3v) is 8.83. The van der Waals surface area contributed by atoms with E-state index in [1.165, 1.54) is 36.2 Å². The van der Waals surface area contributed by atoms with Crippen molar-refractivity contribution in [2.45, 2.75) is 37.8 Å². The van der Waals surface area contributed by atoms with Crippen molar-refractivity contribution in [2.75, 3.05) is 17.9 Å². The number of benzene rings is 4. The summed E-state index contributed by atoms with van der Waals surface area (Å²) >= 11 is 0. The maximum absolute atomic E-state index is 14.3. The monoisotopic (exact) mass is 587 g/mol. The van der Waals surface area contributed by atoms with Crippen LogP contribution in [0.25, 0.3) is 0 Å². The van der Waals surface area contributed by atoms with Gasteiger partial charge in [-0.2, -0.15) is 0 Å². The molecule has 0 fully saturated rings. The molecule has 0 spiro atoms. The number of nitrogens with one attached hydrogen (secondary N) is 1. The van der Waals surface area contributed by atoms with Gasteiger partial charge in [-0.1, -0.05) is 78.4 Å². The summed E-state index contributed by atoms with van der Waals surface area (Å²) < 4.78 is 42.9. The van der Waals surface area contributed by atoms with E-state index in [9.17, 15) is 22.4 Å². The van der Waals surface area contributed by atoms with Gasteiger partial charge in [0.2, 0.25) is 11.8 Å². The van der Waals surface area contributed by atoms with E-state index in [1.807, 2.05) is 37.3 Å². The number of sulfonamides is 1. The van der Waals surface area contributed by atoms with Crippen LogP contribution in [0.2, 0.25) is 0 Å². The van der Waals surface area contributed by atoms with Crippen LogP contribution in [0.4, 0.5) is 10.1 Å². The highest BCUT2D eigenvalue weighted by atomic mass is 32.2. The average molecular weight is 588 g/mol. The molecule has 0 radical (unpaired) electrons. The van der Waals surface area contributed by atoms with Crippen molar-refractivity contribution in [1.29, 1.82) is 0 Å². The normalized spacial score (nSPS) is 11.9. The largest absolute Gasteiger partial charge is 0.357 e. The van der Waals surface area contributed by atoms with Crippen molar-refractivity contribution in [3.05, 3.63) is 131 Å². The van der Waals surface area contributed by atoms with Crippen LogP contribution in [0.3, 0.4) is 0 Å². The van der Waals surface area contributed by atoms with Crippen molar-refractivity contribution in [3.63, 3.8) is 0 Å². The van der Waals surface area contributed by atoms with E-state index in [0.29, 0.717) is 16.8 Å². The van der Waals surface area contributed by atoms with Crippen LogP contribution >= 0.6 is 0 Å². The predicted octanol–water partition coefficient (Wildman–Crippen LogP) is 5.02. The van der Waals surface area contributed by atoms with Crippen LogP contribution in [-0.4, -0.2) is 44.8 Å². The first-order valence-corrected chi connectivity index (χ1v) is 15.0. The Bertz CT molecular complexity index is 1630. The zero-order valence-corrected chi connectivity index (χ0v) is 24.6. The number of aryl methyl sites for hydroxylation is 2. The lowest BCUT2D eigenvalue weighted by Gasteiger charge is -2.34. The number of hydrogen-bond donors (Lipinski definition) is 1.